The van der Waals surface area contributed by atoms with E-state index >= 15 is 0 Å². The van der Waals surface area contributed by atoms with Crippen molar-refractivity contribution in [2.24, 2.45) is 0 Å². The Hall–Kier alpha value is -3.95. The lowest BCUT2D eigenvalue weighted by Crippen LogP contribution is -2.49. The van der Waals surface area contributed by atoms with Crippen LogP contribution < -0.4 is 25.6 Å². The molecule has 0 heterocycles. The Kier molecular flexibility index (Phi) is 9.07. The molecular formula is C28H24BrN3O4S. The van der Waals surface area contributed by atoms with Gasteiger partial charge in [-0.25, -0.2) is 0 Å². The molecule has 37 heavy (non-hydrogen) atoms. The SMILES string of the molecule is O=C(COc1ccc2ccccc2c1Br)NNC(=S)NC(=O)c1ccccc1OCCc1ccccc1. The number of fused-ring (bicyclic) bond motifs is 1. The van der Waals surface area contributed by atoms with Crippen molar-refractivity contribution in [3.05, 3.63) is 107 Å². The van der Waals surface area contributed by atoms with Crippen molar-refractivity contribution < 1.29 is 19.1 Å². The number of hydrazine groups is 1. The minimum atomic E-state index is -0.471. The van der Waals surface area contributed by atoms with E-state index in [0.717, 1.165) is 20.8 Å². The Balaban J connectivity index is 1.24. The van der Waals surface area contributed by atoms with Crippen molar-refractivity contribution in [1.82, 2.24) is 16.2 Å². The zero-order chi connectivity index (χ0) is 26.0. The number of halogens is 1. The van der Waals surface area contributed by atoms with Gasteiger partial charge in [-0.1, -0.05) is 72.8 Å². The third kappa shape index (κ3) is 7.28. The van der Waals surface area contributed by atoms with Crippen LogP contribution in [0.15, 0.2) is 95.5 Å². The maximum Gasteiger partial charge on any atom is 0.276 e. The third-order valence-corrected chi connectivity index (χ3v) is 6.37. The van der Waals surface area contributed by atoms with Gasteiger partial charge < -0.3 is 9.47 Å². The molecule has 4 aromatic carbocycles. The number of thiocarbonyl (C=S) groups is 1. The molecule has 0 radical (unpaired) electrons. The van der Waals surface area contributed by atoms with E-state index in [-0.39, 0.29) is 11.7 Å². The van der Waals surface area contributed by atoms with Crippen LogP contribution in [0.3, 0.4) is 0 Å². The second-order valence-corrected chi connectivity index (χ2v) is 9.13. The Morgan fingerprint density at radius 3 is 2.35 bits per heavy atom. The fourth-order valence-corrected chi connectivity index (χ4v) is 4.29. The number of hydrogen-bond acceptors (Lipinski definition) is 5. The number of para-hydroxylation sites is 1. The molecule has 9 heteroatoms. The summed E-state index contributed by atoms with van der Waals surface area (Å²) in [5.41, 5.74) is 6.40. The zero-order valence-electron chi connectivity index (χ0n) is 19.7. The molecule has 7 nitrogen and oxygen atoms in total. The Morgan fingerprint density at radius 1 is 0.784 bits per heavy atom. The lowest BCUT2D eigenvalue weighted by atomic mass is 10.1. The van der Waals surface area contributed by atoms with Crippen LogP contribution in [0.2, 0.25) is 0 Å². The minimum Gasteiger partial charge on any atom is -0.492 e. The van der Waals surface area contributed by atoms with Crippen LogP contribution in [-0.2, 0) is 11.2 Å². The molecule has 3 N–H and O–H groups in total. The largest absolute Gasteiger partial charge is 0.492 e. The molecule has 188 valence electrons. The molecule has 0 aliphatic heterocycles. The van der Waals surface area contributed by atoms with Gasteiger partial charge in [-0.15, -0.1) is 0 Å². The summed E-state index contributed by atoms with van der Waals surface area (Å²) < 4.78 is 12.2. The first kappa shape index (κ1) is 26.1. The summed E-state index contributed by atoms with van der Waals surface area (Å²) in [7, 11) is 0. The summed E-state index contributed by atoms with van der Waals surface area (Å²) in [6, 6.07) is 28.4. The summed E-state index contributed by atoms with van der Waals surface area (Å²) in [4.78, 5) is 25.0. The predicted molar refractivity (Wildman–Crippen MR) is 151 cm³/mol. The Labute approximate surface area is 228 Å². The normalized spacial score (nSPS) is 10.4. The minimum absolute atomic E-state index is 0.0654. The average molecular weight is 578 g/mol. The highest BCUT2D eigenvalue weighted by atomic mass is 79.9. The second kappa shape index (κ2) is 12.8. The van der Waals surface area contributed by atoms with Gasteiger partial charge in [-0.05, 0) is 62.7 Å². The first-order valence-electron chi connectivity index (χ1n) is 11.5. The van der Waals surface area contributed by atoms with E-state index in [4.69, 9.17) is 21.7 Å². The third-order valence-electron chi connectivity index (χ3n) is 5.35. The number of carbonyl (C=O) groups is 2. The molecular weight excluding hydrogens is 554 g/mol. The number of ether oxygens (including phenoxy) is 2. The van der Waals surface area contributed by atoms with Crippen LogP contribution in [0, 0.1) is 0 Å². The summed E-state index contributed by atoms with van der Waals surface area (Å²) in [6.45, 7) is 0.166. The fourth-order valence-electron chi connectivity index (χ4n) is 3.54. The van der Waals surface area contributed by atoms with Crippen molar-refractivity contribution in [2.45, 2.75) is 6.42 Å². The Bertz CT molecular complexity index is 1420. The summed E-state index contributed by atoms with van der Waals surface area (Å²) in [6.07, 6.45) is 0.709. The number of amides is 2. The molecule has 0 atom stereocenters. The average Bonchev–Trinajstić information content (AvgIpc) is 2.92. The van der Waals surface area contributed by atoms with E-state index in [1.807, 2.05) is 60.7 Å². The van der Waals surface area contributed by atoms with Crippen molar-refractivity contribution in [2.75, 3.05) is 13.2 Å². The first-order chi connectivity index (χ1) is 18.0. The molecule has 0 aliphatic carbocycles. The number of hydrogen-bond donors (Lipinski definition) is 3. The topological polar surface area (TPSA) is 88.7 Å². The monoisotopic (exact) mass is 577 g/mol. The van der Waals surface area contributed by atoms with Gasteiger partial charge in [0.2, 0.25) is 0 Å². The molecule has 0 unspecified atom stereocenters. The van der Waals surface area contributed by atoms with Crippen LogP contribution in [0.25, 0.3) is 10.8 Å². The van der Waals surface area contributed by atoms with Crippen LogP contribution in [0.1, 0.15) is 15.9 Å². The maximum absolute atomic E-state index is 12.7. The lowest BCUT2D eigenvalue weighted by molar-refractivity contribution is -0.123. The van der Waals surface area contributed by atoms with E-state index in [2.05, 4.69) is 32.1 Å². The number of nitrogens with one attached hydrogen (secondary N) is 3. The van der Waals surface area contributed by atoms with E-state index in [0.29, 0.717) is 30.1 Å². The van der Waals surface area contributed by atoms with Crippen molar-refractivity contribution in [3.8, 4) is 11.5 Å². The molecule has 0 spiro atoms. The second-order valence-electron chi connectivity index (χ2n) is 7.92. The summed E-state index contributed by atoms with van der Waals surface area (Å²) in [5, 5.41) is 4.51. The van der Waals surface area contributed by atoms with E-state index < -0.39 is 11.8 Å². The van der Waals surface area contributed by atoms with Crippen LogP contribution in [-0.4, -0.2) is 30.1 Å². The van der Waals surface area contributed by atoms with Gasteiger partial charge in [0.15, 0.2) is 11.7 Å². The maximum atomic E-state index is 12.7. The van der Waals surface area contributed by atoms with E-state index in [1.54, 1.807) is 30.3 Å². The van der Waals surface area contributed by atoms with Gasteiger partial charge in [0.25, 0.3) is 11.8 Å². The zero-order valence-corrected chi connectivity index (χ0v) is 22.1. The van der Waals surface area contributed by atoms with Gasteiger partial charge in [-0.2, -0.15) is 0 Å². The highest BCUT2D eigenvalue weighted by Gasteiger charge is 2.14. The molecule has 0 aromatic heterocycles. The van der Waals surface area contributed by atoms with Gasteiger partial charge in [0.05, 0.1) is 16.6 Å². The van der Waals surface area contributed by atoms with E-state index in [9.17, 15) is 9.59 Å². The van der Waals surface area contributed by atoms with Crippen molar-refractivity contribution in [3.63, 3.8) is 0 Å². The van der Waals surface area contributed by atoms with Crippen molar-refractivity contribution in [1.29, 1.82) is 0 Å². The number of benzene rings is 4. The van der Waals surface area contributed by atoms with Gasteiger partial charge in [-0.3, -0.25) is 25.8 Å². The summed E-state index contributed by atoms with van der Waals surface area (Å²) >= 11 is 8.67. The van der Waals surface area contributed by atoms with Gasteiger partial charge in [0, 0.05) is 6.42 Å². The molecule has 0 aliphatic rings. The number of carbonyl (C=O) groups excluding carboxylic acids is 2. The van der Waals surface area contributed by atoms with Crippen LogP contribution >= 0.6 is 28.1 Å². The van der Waals surface area contributed by atoms with Gasteiger partial charge in [0.1, 0.15) is 11.5 Å². The first-order valence-corrected chi connectivity index (χ1v) is 12.7. The van der Waals surface area contributed by atoms with E-state index in [1.165, 1.54) is 0 Å². The number of rotatable bonds is 8. The smallest absolute Gasteiger partial charge is 0.276 e. The quantitative estimate of drug-likeness (QED) is 0.203. The molecule has 4 rings (SSSR count). The standard InChI is InChI=1S/C28H24BrN3O4S/c29-26-21-11-5-4-10-20(21)14-15-24(26)36-18-25(33)31-32-28(37)30-27(34)22-12-6-7-13-23(22)35-17-16-19-8-2-1-3-9-19/h1-15H,16-18H2,(H,31,33)(H2,30,32,34,37). The molecule has 0 saturated heterocycles. The molecule has 0 bridgehead atoms. The van der Waals surface area contributed by atoms with Gasteiger partial charge >= 0.3 is 0 Å². The molecule has 0 fully saturated rings. The fraction of sp³-hybridized carbons (Fsp3) is 0.107. The predicted octanol–water partition coefficient (Wildman–Crippen LogP) is 4.94. The Morgan fingerprint density at radius 2 is 1.51 bits per heavy atom. The highest BCUT2D eigenvalue weighted by Crippen LogP contribution is 2.32. The lowest BCUT2D eigenvalue weighted by Gasteiger charge is -2.14. The molecule has 4 aromatic rings. The molecule has 0 saturated carbocycles. The van der Waals surface area contributed by atoms with Crippen molar-refractivity contribution >= 4 is 55.8 Å². The van der Waals surface area contributed by atoms with Crippen LogP contribution in [0.5, 0.6) is 11.5 Å². The molecule has 2 amide bonds. The van der Waals surface area contributed by atoms with Crippen LogP contribution in [0.4, 0.5) is 0 Å². The highest BCUT2D eigenvalue weighted by molar-refractivity contribution is 9.10. The summed E-state index contributed by atoms with van der Waals surface area (Å²) in [5.74, 6) is 0.0467.